The van der Waals surface area contributed by atoms with Crippen LogP contribution >= 0.6 is 0 Å². The lowest BCUT2D eigenvalue weighted by Gasteiger charge is -2.11. The van der Waals surface area contributed by atoms with Crippen LogP contribution in [0.15, 0.2) is 115 Å². The van der Waals surface area contributed by atoms with Crippen LogP contribution in [0.3, 0.4) is 0 Å². The van der Waals surface area contributed by atoms with Gasteiger partial charge in [0.1, 0.15) is 5.70 Å². The van der Waals surface area contributed by atoms with E-state index in [9.17, 15) is 14.4 Å². The summed E-state index contributed by atoms with van der Waals surface area (Å²) < 4.78 is 0. The van der Waals surface area contributed by atoms with E-state index in [1.165, 1.54) is 6.08 Å². The Hall–Kier alpha value is -5.10. The molecule has 0 aliphatic heterocycles. The smallest absolute Gasteiger partial charge is 0.272 e. The SMILES string of the molecule is Cc1ccccc1/C=C/C(=O)c1ccc(NC(=O)/C(=C/c2cccnc2)NC(=O)c2ccccc2)cc1. The maximum absolute atomic E-state index is 13.1. The second kappa shape index (κ2) is 12.0. The fraction of sp³-hybridized carbons (Fsp3) is 0.0323. The molecule has 1 aromatic heterocycles. The first-order chi connectivity index (χ1) is 18.0. The van der Waals surface area contributed by atoms with E-state index in [2.05, 4.69) is 15.6 Å². The minimum absolute atomic E-state index is 0.0585. The van der Waals surface area contributed by atoms with Gasteiger partial charge in [-0.2, -0.15) is 0 Å². The molecule has 0 atom stereocenters. The summed E-state index contributed by atoms with van der Waals surface area (Å²) >= 11 is 0. The number of nitrogens with one attached hydrogen (secondary N) is 2. The number of amides is 2. The Morgan fingerprint density at radius 2 is 1.51 bits per heavy atom. The summed E-state index contributed by atoms with van der Waals surface area (Å²) in [6.07, 6.45) is 8.09. The molecule has 4 rings (SSSR count). The van der Waals surface area contributed by atoms with Crippen molar-refractivity contribution in [3.63, 3.8) is 0 Å². The number of aromatic nitrogens is 1. The predicted molar refractivity (Wildman–Crippen MR) is 146 cm³/mol. The van der Waals surface area contributed by atoms with Gasteiger partial charge in [0.2, 0.25) is 0 Å². The van der Waals surface area contributed by atoms with Crippen molar-refractivity contribution in [3.05, 3.63) is 143 Å². The van der Waals surface area contributed by atoms with E-state index < -0.39 is 11.8 Å². The molecule has 0 aliphatic rings. The third kappa shape index (κ3) is 6.96. The van der Waals surface area contributed by atoms with Crippen LogP contribution < -0.4 is 10.6 Å². The third-order valence-electron chi connectivity index (χ3n) is 5.55. The Morgan fingerprint density at radius 1 is 0.784 bits per heavy atom. The second-order valence-electron chi connectivity index (χ2n) is 8.25. The van der Waals surface area contributed by atoms with E-state index in [4.69, 9.17) is 0 Å². The van der Waals surface area contributed by atoms with Gasteiger partial charge >= 0.3 is 0 Å². The molecule has 0 spiro atoms. The lowest BCUT2D eigenvalue weighted by molar-refractivity contribution is -0.113. The summed E-state index contributed by atoms with van der Waals surface area (Å²) in [5.74, 6) is -1.06. The fourth-order valence-corrected chi connectivity index (χ4v) is 3.52. The molecular formula is C31H25N3O3. The van der Waals surface area contributed by atoms with Crippen LogP contribution in [0.4, 0.5) is 5.69 Å². The van der Waals surface area contributed by atoms with Gasteiger partial charge in [0, 0.05) is 29.2 Å². The monoisotopic (exact) mass is 487 g/mol. The lowest BCUT2D eigenvalue weighted by Crippen LogP contribution is -2.30. The molecule has 2 amide bonds. The van der Waals surface area contributed by atoms with Crippen LogP contribution in [0.5, 0.6) is 0 Å². The molecular weight excluding hydrogens is 462 g/mol. The third-order valence-corrected chi connectivity index (χ3v) is 5.55. The first-order valence-electron chi connectivity index (χ1n) is 11.7. The van der Waals surface area contributed by atoms with Crippen molar-refractivity contribution in [1.82, 2.24) is 10.3 Å². The van der Waals surface area contributed by atoms with Gasteiger partial charge in [-0.05, 0) is 78.2 Å². The molecule has 182 valence electrons. The van der Waals surface area contributed by atoms with Crippen molar-refractivity contribution < 1.29 is 14.4 Å². The van der Waals surface area contributed by atoms with Crippen LogP contribution in [0.1, 0.15) is 37.4 Å². The molecule has 37 heavy (non-hydrogen) atoms. The lowest BCUT2D eigenvalue weighted by atomic mass is 10.1. The highest BCUT2D eigenvalue weighted by Crippen LogP contribution is 2.15. The van der Waals surface area contributed by atoms with Crippen molar-refractivity contribution in [1.29, 1.82) is 0 Å². The Kier molecular flexibility index (Phi) is 8.14. The zero-order valence-corrected chi connectivity index (χ0v) is 20.2. The first kappa shape index (κ1) is 25.0. The van der Waals surface area contributed by atoms with Gasteiger partial charge in [-0.25, -0.2) is 0 Å². The zero-order valence-electron chi connectivity index (χ0n) is 20.2. The molecule has 0 saturated heterocycles. The molecule has 3 aromatic carbocycles. The number of allylic oxidation sites excluding steroid dienone is 1. The minimum Gasteiger partial charge on any atom is -0.321 e. The summed E-state index contributed by atoms with van der Waals surface area (Å²) in [5, 5.41) is 5.47. The number of carbonyl (C=O) groups is 3. The Labute approximate surface area is 215 Å². The number of pyridine rings is 1. The molecule has 2 N–H and O–H groups in total. The highest BCUT2D eigenvalue weighted by atomic mass is 16.2. The molecule has 0 saturated carbocycles. The molecule has 1 heterocycles. The molecule has 6 heteroatoms. The summed E-state index contributed by atoms with van der Waals surface area (Å²) in [6.45, 7) is 1.99. The zero-order chi connectivity index (χ0) is 26.0. The number of hydrogen-bond acceptors (Lipinski definition) is 4. The standard InChI is InChI=1S/C31H25N3O3/c1-22-8-5-6-10-24(22)15-18-29(35)25-13-16-27(17-14-25)33-31(37)28(20-23-9-7-19-32-21-23)34-30(36)26-11-3-2-4-12-26/h2-21H,1H3,(H,33,37)(H,34,36)/b18-15+,28-20-. The largest absolute Gasteiger partial charge is 0.321 e. The van der Waals surface area contributed by atoms with Gasteiger partial charge in [-0.3, -0.25) is 19.4 Å². The number of anilines is 1. The van der Waals surface area contributed by atoms with Gasteiger partial charge in [-0.1, -0.05) is 54.6 Å². The topological polar surface area (TPSA) is 88.2 Å². The van der Waals surface area contributed by atoms with E-state index in [-0.39, 0.29) is 11.5 Å². The van der Waals surface area contributed by atoms with Crippen LogP contribution in [0, 0.1) is 6.92 Å². The molecule has 0 aliphatic carbocycles. The van der Waals surface area contributed by atoms with Gasteiger partial charge in [0.05, 0.1) is 0 Å². The number of carbonyl (C=O) groups excluding carboxylic acids is 3. The van der Waals surface area contributed by atoms with Gasteiger partial charge in [0.25, 0.3) is 11.8 Å². The molecule has 0 fully saturated rings. The molecule has 0 unspecified atom stereocenters. The molecule has 0 radical (unpaired) electrons. The predicted octanol–water partition coefficient (Wildman–Crippen LogP) is 5.70. The van der Waals surface area contributed by atoms with E-state index >= 15 is 0 Å². The first-order valence-corrected chi connectivity index (χ1v) is 11.7. The maximum Gasteiger partial charge on any atom is 0.272 e. The summed E-state index contributed by atoms with van der Waals surface area (Å²) in [6, 6.07) is 26.5. The fourth-order valence-electron chi connectivity index (χ4n) is 3.52. The number of aryl methyl sites for hydroxylation is 1. The number of hydrogen-bond donors (Lipinski definition) is 2. The Bertz CT molecular complexity index is 1460. The second-order valence-corrected chi connectivity index (χ2v) is 8.25. The average Bonchev–Trinajstić information content (AvgIpc) is 2.93. The Balaban J connectivity index is 1.48. The van der Waals surface area contributed by atoms with E-state index in [1.54, 1.807) is 85.2 Å². The Morgan fingerprint density at radius 3 is 2.22 bits per heavy atom. The number of benzene rings is 3. The van der Waals surface area contributed by atoms with E-state index in [1.807, 2.05) is 37.3 Å². The summed E-state index contributed by atoms with van der Waals surface area (Å²) in [7, 11) is 0. The van der Waals surface area contributed by atoms with Gasteiger partial charge in [-0.15, -0.1) is 0 Å². The van der Waals surface area contributed by atoms with E-state index in [0.717, 1.165) is 11.1 Å². The van der Waals surface area contributed by atoms with Crippen molar-refractivity contribution in [2.45, 2.75) is 6.92 Å². The number of ketones is 1. The van der Waals surface area contributed by atoms with Gasteiger partial charge in [0.15, 0.2) is 5.78 Å². The highest BCUT2D eigenvalue weighted by Gasteiger charge is 2.15. The van der Waals surface area contributed by atoms with Crippen molar-refractivity contribution >= 4 is 35.4 Å². The van der Waals surface area contributed by atoms with Crippen LogP contribution in [0.25, 0.3) is 12.2 Å². The maximum atomic E-state index is 13.1. The van der Waals surface area contributed by atoms with Crippen molar-refractivity contribution in [2.24, 2.45) is 0 Å². The van der Waals surface area contributed by atoms with Crippen molar-refractivity contribution in [2.75, 3.05) is 5.32 Å². The van der Waals surface area contributed by atoms with Crippen molar-refractivity contribution in [3.8, 4) is 0 Å². The molecule has 6 nitrogen and oxygen atoms in total. The average molecular weight is 488 g/mol. The quantitative estimate of drug-likeness (QED) is 0.247. The number of nitrogens with zero attached hydrogens (tertiary/aromatic N) is 1. The van der Waals surface area contributed by atoms with Crippen LogP contribution in [-0.4, -0.2) is 22.6 Å². The normalized spacial score (nSPS) is 11.2. The molecule has 4 aromatic rings. The van der Waals surface area contributed by atoms with Crippen LogP contribution in [0.2, 0.25) is 0 Å². The van der Waals surface area contributed by atoms with Crippen LogP contribution in [-0.2, 0) is 4.79 Å². The number of rotatable bonds is 8. The minimum atomic E-state index is -0.508. The molecule has 0 bridgehead atoms. The summed E-state index contributed by atoms with van der Waals surface area (Å²) in [5.41, 5.74) is 4.17. The highest BCUT2D eigenvalue weighted by molar-refractivity contribution is 6.11. The van der Waals surface area contributed by atoms with Gasteiger partial charge < -0.3 is 10.6 Å². The van der Waals surface area contributed by atoms with E-state index in [0.29, 0.717) is 22.4 Å². The summed E-state index contributed by atoms with van der Waals surface area (Å²) in [4.78, 5) is 42.5.